The molecule has 0 radical (unpaired) electrons. The lowest BCUT2D eigenvalue weighted by atomic mass is 10.1. The van der Waals surface area contributed by atoms with Crippen molar-refractivity contribution in [2.24, 2.45) is 5.73 Å². The molecule has 22 heavy (non-hydrogen) atoms. The molecule has 0 saturated carbocycles. The number of para-hydroxylation sites is 1. The van der Waals surface area contributed by atoms with E-state index in [1.54, 1.807) is 0 Å². The molecule has 0 aliphatic rings. The summed E-state index contributed by atoms with van der Waals surface area (Å²) in [5, 5.41) is 11.8. The van der Waals surface area contributed by atoms with Gasteiger partial charge in [-0.05, 0) is 6.07 Å². The fraction of sp³-hybridized carbons (Fsp3) is 0.200. The standard InChI is InChI=1S/C10H6F5N3O4/c11-9(12,10(13,14)15)8(20)17-6-4(7(16)19)2-1-3-5(6)18(21)22/h1-3H,(H2,16,19)(H,17,20). The minimum absolute atomic E-state index is 0.688. The number of nitrogens with zero attached hydrogens (tertiary/aromatic N) is 1. The van der Waals surface area contributed by atoms with E-state index < -0.39 is 45.8 Å². The number of primary amides is 1. The number of hydrogen-bond acceptors (Lipinski definition) is 4. The molecule has 0 fully saturated rings. The van der Waals surface area contributed by atoms with Crippen molar-refractivity contribution in [3.05, 3.63) is 33.9 Å². The van der Waals surface area contributed by atoms with Gasteiger partial charge in [-0.3, -0.25) is 19.7 Å². The van der Waals surface area contributed by atoms with Crippen LogP contribution < -0.4 is 11.1 Å². The Bertz CT molecular complexity index is 612. The van der Waals surface area contributed by atoms with Crippen LogP contribution in [0.2, 0.25) is 0 Å². The first-order valence-electron chi connectivity index (χ1n) is 5.22. The third-order valence-electron chi connectivity index (χ3n) is 2.38. The van der Waals surface area contributed by atoms with Crippen LogP contribution in [-0.4, -0.2) is 28.8 Å². The van der Waals surface area contributed by atoms with Crippen LogP contribution in [0.3, 0.4) is 0 Å². The maximum Gasteiger partial charge on any atom is 0.463 e. The van der Waals surface area contributed by atoms with Crippen LogP contribution in [0.5, 0.6) is 0 Å². The zero-order valence-electron chi connectivity index (χ0n) is 10.3. The summed E-state index contributed by atoms with van der Waals surface area (Å²) in [6.07, 6.45) is -6.21. The molecule has 0 aromatic heterocycles. The summed E-state index contributed by atoms with van der Waals surface area (Å²) in [5.74, 6) is -10.1. The van der Waals surface area contributed by atoms with Gasteiger partial charge in [0.25, 0.3) is 11.6 Å². The first-order chi connectivity index (χ1) is 9.89. The molecule has 7 nitrogen and oxygen atoms in total. The highest BCUT2D eigenvalue weighted by Gasteiger charge is 2.63. The average Bonchev–Trinajstić information content (AvgIpc) is 2.36. The highest BCUT2D eigenvalue weighted by atomic mass is 19.4. The number of nitrogens with one attached hydrogen (secondary N) is 1. The molecule has 1 aromatic rings. The zero-order valence-corrected chi connectivity index (χ0v) is 10.3. The summed E-state index contributed by atoms with van der Waals surface area (Å²) < 4.78 is 61.9. The first-order valence-corrected chi connectivity index (χ1v) is 5.22. The molecule has 0 aliphatic heterocycles. The normalized spacial score (nSPS) is 11.9. The molecule has 3 N–H and O–H groups in total. The van der Waals surface area contributed by atoms with Gasteiger partial charge >= 0.3 is 18.0 Å². The number of alkyl halides is 5. The largest absolute Gasteiger partial charge is 0.463 e. The Morgan fingerprint density at radius 3 is 2.14 bits per heavy atom. The summed E-state index contributed by atoms with van der Waals surface area (Å²) >= 11 is 0. The topological polar surface area (TPSA) is 115 Å². The highest BCUT2D eigenvalue weighted by Crippen LogP contribution is 2.37. The van der Waals surface area contributed by atoms with E-state index in [2.05, 4.69) is 0 Å². The number of benzene rings is 1. The first kappa shape index (κ1) is 17.3. The third kappa shape index (κ3) is 3.10. The summed E-state index contributed by atoms with van der Waals surface area (Å²) in [6, 6.07) is 2.44. The Balaban J connectivity index is 3.36. The number of amides is 2. The quantitative estimate of drug-likeness (QED) is 0.498. The SMILES string of the molecule is NC(=O)c1cccc([N+](=O)[O-])c1NC(=O)C(F)(F)C(F)(F)F. The summed E-state index contributed by atoms with van der Waals surface area (Å²) in [5.41, 5.74) is 1.83. The van der Waals surface area contributed by atoms with E-state index in [4.69, 9.17) is 5.73 Å². The van der Waals surface area contributed by atoms with Crippen LogP contribution in [0.25, 0.3) is 0 Å². The predicted octanol–water partition coefficient (Wildman–Crippen LogP) is 1.83. The molecule has 0 bridgehead atoms. The van der Waals surface area contributed by atoms with Gasteiger partial charge in [0, 0.05) is 6.07 Å². The second-order valence-corrected chi connectivity index (χ2v) is 3.85. The van der Waals surface area contributed by atoms with Gasteiger partial charge in [0.15, 0.2) is 0 Å². The molecule has 0 atom stereocenters. The Morgan fingerprint density at radius 2 is 1.73 bits per heavy atom. The second-order valence-electron chi connectivity index (χ2n) is 3.85. The second kappa shape index (κ2) is 5.54. The lowest BCUT2D eigenvalue weighted by Gasteiger charge is -2.19. The lowest BCUT2D eigenvalue weighted by Crippen LogP contribution is -2.47. The lowest BCUT2D eigenvalue weighted by molar-refractivity contribution is -0.384. The van der Waals surface area contributed by atoms with Crippen LogP contribution in [-0.2, 0) is 4.79 Å². The van der Waals surface area contributed by atoms with Crippen LogP contribution >= 0.6 is 0 Å². The maximum absolute atomic E-state index is 12.9. The van der Waals surface area contributed by atoms with E-state index in [0.717, 1.165) is 17.4 Å². The van der Waals surface area contributed by atoms with Crippen LogP contribution in [0.1, 0.15) is 10.4 Å². The number of rotatable bonds is 4. The van der Waals surface area contributed by atoms with Gasteiger partial charge in [0.05, 0.1) is 10.5 Å². The molecule has 120 valence electrons. The number of nitro groups is 1. The van der Waals surface area contributed by atoms with Crippen molar-refractivity contribution in [3.63, 3.8) is 0 Å². The van der Waals surface area contributed by atoms with E-state index in [-0.39, 0.29) is 0 Å². The average molecular weight is 327 g/mol. The van der Waals surface area contributed by atoms with Gasteiger partial charge < -0.3 is 11.1 Å². The van der Waals surface area contributed by atoms with Crippen molar-refractivity contribution in [2.75, 3.05) is 5.32 Å². The van der Waals surface area contributed by atoms with Crippen molar-refractivity contribution in [1.29, 1.82) is 0 Å². The fourth-order valence-electron chi connectivity index (χ4n) is 1.35. The Hall–Kier alpha value is -2.79. The van der Waals surface area contributed by atoms with Crippen molar-refractivity contribution in [2.45, 2.75) is 12.1 Å². The maximum atomic E-state index is 12.9. The predicted molar refractivity (Wildman–Crippen MR) is 61.2 cm³/mol. The summed E-state index contributed by atoms with van der Waals surface area (Å²) in [4.78, 5) is 31.7. The summed E-state index contributed by atoms with van der Waals surface area (Å²) in [6.45, 7) is 0. The molecule has 0 spiro atoms. The molecular weight excluding hydrogens is 321 g/mol. The molecule has 0 unspecified atom stereocenters. The molecule has 0 saturated heterocycles. The third-order valence-corrected chi connectivity index (χ3v) is 2.38. The van der Waals surface area contributed by atoms with Gasteiger partial charge in [-0.2, -0.15) is 22.0 Å². The summed E-state index contributed by atoms with van der Waals surface area (Å²) in [7, 11) is 0. The monoisotopic (exact) mass is 327 g/mol. The minimum atomic E-state index is -6.21. The van der Waals surface area contributed by atoms with E-state index in [0.29, 0.717) is 6.07 Å². The van der Waals surface area contributed by atoms with Gasteiger partial charge in [0.1, 0.15) is 5.69 Å². The van der Waals surface area contributed by atoms with Crippen molar-refractivity contribution >= 4 is 23.2 Å². The van der Waals surface area contributed by atoms with E-state index in [9.17, 15) is 41.7 Å². The minimum Gasteiger partial charge on any atom is -0.366 e. The van der Waals surface area contributed by atoms with Crippen molar-refractivity contribution in [1.82, 2.24) is 0 Å². The zero-order chi connectivity index (χ0) is 17.3. The Labute approximate surface area is 118 Å². The van der Waals surface area contributed by atoms with E-state index in [1.807, 2.05) is 0 Å². The number of carbonyl (C=O) groups excluding carboxylic acids is 2. The van der Waals surface area contributed by atoms with Crippen molar-refractivity contribution in [3.8, 4) is 0 Å². The Morgan fingerprint density at radius 1 is 1.18 bits per heavy atom. The van der Waals surface area contributed by atoms with Gasteiger partial charge in [-0.1, -0.05) is 6.07 Å². The fourth-order valence-corrected chi connectivity index (χ4v) is 1.35. The Kier molecular flexibility index (Phi) is 4.34. The van der Waals surface area contributed by atoms with Crippen LogP contribution in [0.15, 0.2) is 18.2 Å². The molecule has 12 heteroatoms. The van der Waals surface area contributed by atoms with E-state index >= 15 is 0 Å². The van der Waals surface area contributed by atoms with Gasteiger partial charge in [-0.25, -0.2) is 0 Å². The number of anilines is 1. The van der Waals surface area contributed by atoms with Crippen LogP contribution in [0, 0.1) is 10.1 Å². The number of nitro benzene ring substituents is 1. The molecule has 1 rings (SSSR count). The number of nitrogens with two attached hydrogens (primary N) is 1. The smallest absolute Gasteiger partial charge is 0.366 e. The molecular formula is C10H6F5N3O4. The molecule has 0 aliphatic carbocycles. The van der Waals surface area contributed by atoms with E-state index in [1.165, 1.54) is 0 Å². The molecule has 1 aromatic carbocycles. The molecule has 2 amide bonds. The van der Waals surface area contributed by atoms with Crippen LogP contribution in [0.4, 0.5) is 33.3 Å². The van der Waals surface area contributed by atoms with Gasteiger partial charge in [0.2, 0.25) is 0 Å². The number of hydrogen-bond donors (Lipinski definition) is 2. The molecule has 0 heterocycles. The van der Waals surface area contributed by atoms with Gasteiger partial charge in [-0.15, -0.1) is 0 Å². The highest BCUT2D eigenvalue weighted by molar-refractivity contribution is 6.07. The number of carbonyl (C=O) groups is 2. The van der Waals surface area contributed by atoms with Crippen molar-refractivity contribution < 1.29 is 36.5 Å². The number of halogens is 5.